The van der Waals surface area contributed by atoms with Crippen molar-refractivity contribution in [3.05, 3.63) is 64.2 Å². The van der Waals surface area contributed by atoms with Crippen molar-refractivity contribution in [2.75, 3.05) is 6.54 Å². The molecule has 7 heteroatoms. The van der Waals surface area contributed by atoms with Crippen LogP contribution in [-0.2, 0) is 19.5 Å². The van der Waals surface area contributed by atoms with Crippen LogP contribution in [0.4, 0.5) is 0 Å². The first-order valence-electron chi connectivity index (χ1n) is 11.5. The van der Waals surface area contributed by atoms with Crippen LogP contribution in [-0.4, -0.2) is 38.9 Å². The Kier molecular flexibility index (Phi) is 6.11. The maximum absolute atomic E-state index is 12.0. The van der Waals surface area contributed by atoms with Gasteiger partial charge in [0, 0.05) is 42.3 Å². The van der Waals surface area contributed by atoms with Gasteiger partial charge in [-0.25, -0.2) is 4.98 Å². The molecule has 2 aliphatic carbocycles. The van der Waals surface area contributed by atoms with E-state index in [1.165, 1.54) is 42.5 Å². The monoisotopic (exact) mass is 447 g/mol. The van der Waals surface area contributed by atoms with Gasteiger partial charge in [-0.1, -0.05) is 17.8 Å². The maximum Gasteiger partial charge on any atom is 0.267 e. The molecule has 2 aromatic rings. The predicted octanol–water partition coefficient (Wildman–Crippen LogP) is 4.30. The quantitative estimate of drug-likeness (QED) is 0.482. The van der Waals surface area contributed by atoms with Gasteiger partial charge in [0.25, 0.3) is 5.91 Å². The number of hydrogen-bond donors (Lipinski definition) is 1. The number of carbonyl (C=O) groups excluding carboxylic acids is 1. The molecule has 3 heterocycles. The van der Waals surface area contributed by atoms with Crippen LogP contribution in [0.1, 0.15) is 77.1 Å². The molecule has 5 rings (SSSR count). The molecule has 0 atom stereocenters. The van der Waals surface area contributed by atoms with Crippen molar-refractivity contribution in [1.29, 1.82) is 0 Å². The molecule has 2 fully saturated rings. The summed E-state index contributed by atoms with van der Waals surface area (Å²) < 4.78 is 0. The minimum atomic E-state index is -0.485. The fraction of sp³-hybridized carbons (Fsp3) is 0.440. The van der Waals surface area contributed by atoms with E-state index in [-0.39, 0.29) is 0 Å². The summed E-state index contributed by atoms with van der Waals surface area (Å²) in [4.78, 5) is 29.3. The summed E-state index contributed by atoms with van der Waals surface area (Å²) in [5, 5.41) is 0. The van der Waals surface area contributed by atoms with Gasteiger partial charge in [0.15, 0.2) is 0 Å². The van der Waals surface area contributed by atoms with Crippen molar-refractivity contribution in [2.45, 2.75) is 64.1 Å². The Labute approximate surface area is 193 Å². The molecule has 3 aliphatic rings. The van der Waals surface area contributed by atoms with Crippen LogP contribution in [0.2, 0.25) is 0 Å². The van der Waals surface area contributed by atoms with Gasteiger partial charge in [-0.05, 0) is 73.9 Å². The summed E-state index contributed by atoms with van der Waals surface area (Å²) >= 11 is 1.62. The number of pyridine rings is 2. The Morgan fingerprint density at radius 2 is 2.16 bits per heavy atom. The van der Waals surface area contributed by atoms with Crippen molar-refractivity contribution in [1.82, 2.24) is 14.9 Å². The van der Waals surface area contributed by atoms with E-state index in [0.717, 1.165) is 35.7 Å². The van der Waals surface area contributed by atoms with Gasteiger partial charge in [0.05, 0.1) is 17.3 Å². The third-order valence-corrected chi connectivity index (χ3v) is 7.22. The molecule has 2 N–H and O–H groups in total. The lowest BCUT2D eigenvalue weighted by Crippen LogP contribution is -2.32. The largest absolute Gasteiger partial charge is 0.364 e. The van der Waals surface area contributed by atoms with Gasteiger partial charge >= 0.3 is 0 Å². The zero-order chi connectivity index (χ0) is 22.1. The highest BCUT2D eigenvalue weighted by molar-refractivity contribution is 8.20. The van der Waals surface area contributed by atoms with Crippen molar-refractivity contribution in [2.24, 2.45) is 10.7 Å². The van der Waals surface area contributed by atoms with E-state index >= 15 is 0 Å². The number of carbonyl (C=O) groups is 1. The smallest absolute Gasteiger partial charge is 0.267 e. The predicted molar refractivity (Wildman–Crippen MR) is 130 cm³/mol. The van der Waals surface area contributed by atoms with Gasteiger partial charge in [0.1, 0.15) is 5.69 Å². The number of thioether (sulfide) groups is 1. The average molecular weight is 448 g/mol. The summed E-state index contributed by atoms with van der Waals surface area (Å²) in [6.45, 7) is 4.55. The molecule has 0 aromatic carbocycles. The fourth-order valence-electron chi connectivity index (χ4n) is 4.21. The Bertz CT molecular complexity index is 1090. The third kappa shape index (κ3) is 4.94. The lowest BCUT2D eigenvalue weighted by Gasteiger charge is -2.30. The second-order valence-corrected chi connectivity index (χ2v) is 9.81. The van der Waals surface area contributed by atoms with Crippen molar-refractivity contribution in [3.63, 3.8) is 0 Å². The number of hydrogen-bond acceptors (Lipinski definition) is 6. The van der Waals surface area contributed by atoms with E-state index < -0.39 is 5.91 Å². The number of aromatic nitrogens is 2. The summed E-state index contributed by atoms with van der Waals surface area (Å²) in [6, 6.07) is 6.71. The van der Waals surface area contributed by atoms with E-state index in [1.807, 2.05) is 24.7 Å². The van der Waals surface area contributed by atoms with E-state index in [9.17, 15) is 4.79 Å². The highest BCUT2D eigenvalue weighted by Crippen LogP contribution is 2.39. The van der Waals surface area contributed by atoms with Crippen LogP contribution in [0.15, 0.2) is 35.5 Å². The number of primary amides is 1. The number of amides is 1. The second kappa shape index (κ2) is 9.16. The minimum absolute atomic E-state index is 0.333. The Morgan fingerprint density at radius 1 is 1.31 bits per heavy atom. The third-order valence-electron chi connectivity index (χ3n) is 6.29. The molecule has 2 aromatic heterocycles. The molecule has 0 unspecified atom stereocenters. The van der Waals surface area contributed by atoms with Gasteiger partial charge in [-0.2, -0.15) is 0 Å². The molecule has 32 heavy (non-hydrogen) atoms. The zero-order valence-electron chi connectivity index (χ0n) is 18.5. The molecular weight excluding hydrogens is 418 g/mol. The second-order valence-electron chi connectivity index (χ2n) is 8.92. The first kappa shape index (κ1) is 21.3. The van der Waals surface area contributed by atoms with Crippen LogP contribution in [0.3, 0.4) is 0 Å². The van der Waals surface area contributed by atoms with E-state index in [4.69, 9.17) is 5.73 Å². The molecule has 0 radical (unpaired) electrons. The molecule has 0 saturated heterocycles. The Morgan fingerprint density at radius 3 is 2.88 bits per heavy atom. The number of aliphatic imine (C=N–C) groups is 1. The minimum Gasteiger partial charge on any atom is -0.364 e. The van der Waals surface area contributed by atoms with E-state index in [0.29, 0.717) is 24.2 Å². The Balaban J connectivity index is 1.38. The topological polar surface area (TPSA) is 84.5 Å². The van der Waals surface area contributed by atoms with Gasteiger partial charge in [-0.3, -0.25) is 19.7 Å². The fourth-order valence-corrected chi connectivity index (χ4v) is 5.00. The van der Waals surface area contributed by atoms with Crippen LogP contribution >= 0.6 is 11.8 Å². The molecule has 1 aliphatic heterocycles. The van der Waals surface area contributed by atoms with Gasteiger partial charge in [-0.15, -0.1) is 0 Å². The lowest BCUT2D eigenvalue weighted by molar-refractivity contribution is 0.0994. The van der Waals surface area contributed by atoms with Crippen LogP contribution in [0, 0.1) is 0 Å². The lowest BCUT2D eigenvalue weighted by atomic mass is 9.97. The summed E-state index contributed by atoms with van der Waals surface area (Å²) in [6.07, 6.45) is 9.81. The molecule has 6 nitrogen and oxygen atoms in total. The zero-order valence-corrected chi connectivity index (χ0v) is 19.3. The van der Waals surface area contributed by atoms with Crippen molar-refractivity contribution >= 4 is 28.1 Å². The molecule has 166 valence electrons. The highest BCUT2D eigenvalue weighted by Gasteiger charge is 2.27. The SMILES string of the molecule is C/C=C(\SC=NC1CC1)c1cc(C(N)=O)nc2c1CCN(Cc1ccnc(C3CC3)c1)C2. The number of rotatable bonds is 8. The summed E-state index contributed by atoms with van der Waals surface area (Å²) in [5.74, 6) is 0.168. The highest BCUT2D eigenvalue weighted by atomic mass is 32.2. The first-order chi connectivity index (χ1) is 15.6. The number of nitrogens with two attached hydrogens (primary N) is 1. The van der Waals surface area contributed by atoms with E-state index in [2.05, 4.69) is 38.1 Å². The Hall–Kier alpha value is -2.51. The molecule has 0 bridgehead atoms. The van der Waals surface area contributed by atoms with Crippen molar-refractivity contribution in [3.8, 4) is 0 Å². The van der Waals surface area contributed by atoms with Crippen LogP contribution in [0.25, 0.3) is 4.91 Å². The number of fused-ring (bicyclic) bond motifs is 1. The number of nitrogens with zero attached hydrogens (tertiary/aromatic N) is 4. The average Bonchev–Trinajstić information content (AvgIpc) is 3.70. The summed E-state index contributed by atoms with van der Waals surface area (Å²) in [7, 11) is 0. The normalized spacial score (nSPS) is 19.3. The summed E-state index contributed by atoms with van der Waals surface area (Å²) in [5.41, 5.74) is 13.7. The van der Waals surface area contributed by atoms with Crippen molar-refractivity contribution < 1.29 is 4.79 Å². The molecular formula is C25H29N5OS. The van der Waals surface area contributed by atoms with Gasteiger partial charge < -0.3 is 5.73 Å². The molecule has 2 saturated carbocycles. The molecule has 1 amide bonds. The van der Waals surface area contributed by atoms with E-state index in [1.54, 1.807) is 11.8 Å². The maximum atomic E-state index is 12.0. The number of allylic oxidation sites excluding steroid dienone is 1. The van der Waals surface area contributed by atoms with Crippen LogP contribution in [0.5, 0.6) is 0 Å². The van der Waals surface area contributed by atoms with Crippen LogP contribution < -0.4 is 5.73 Å². The first-order valence-corrected chi connectivity index (χ1v) is 12.3. The molecule has 0 spiro atoms. The van der Waals surface area contributed by atoms with Gasteiger partial charge in [0.2, 0.25) is 0 Å². The standard InChI is InChI=1S/C25H29N5OS/c1-2-24(32-15-28-18-5-6-18)20-12-22(25(26)31)29-23-14-30(10-8-19(20)23)13-16-7-9-27-21(11-16)17-3-4-17/h2,7,9,11-12,15,17-18H,3-6,8,10,13-14H2,1H3,(H2,26,31)/b24-2-,28-15?.